The zero-order valence-corrected chi connectivity index (χ0v) is 11.1. The maximum absolute atomic E-state index is 11.5. The highest BCUT2D eigenvalue weighted by molar-refractivity contribution is 5.74. The topological polar surface area (TPSA) is 79.5 Å². The molecule has 1 atom stereocenters. The van der Waals surface area contributed by atoms with Gasteiger partial charge in [-0.25, -0.2) is 4.63 Å². The molecule has 1 N–H and O–H groups in total. The molecule has 1 aliphatic heterocycles. The number of aliphatic carboxylic acids is 1. The fraction of sp³-hybridized carbons (Fsp3) is 0.357. The third-order valence-corrected chi connectivity index (χ3v) is 3.73. The number of rotatable bonds is 3. The van der Waals surface area contributed by atoms with E-state index in [4.69, 9.17) is 0 Å². The van der Waals surface area contributed by atoms with Crippen LogP contribution in [0.2, 0.25) is 0 Å². The lowest BCUT2D eigenvalue weighted by molar-refractivity contribution is -0.144. The number of carboxylic acid groups (broad SMARTS) is 1. The van der Waals surface area contributed by atoms with Crippen molar-refractivity contribution in [1.82, 2.24) is 15.2 Å². The van der Waals surface area contributed by atoms with Crippen molar-refractivity contribution in [1.29, 1.82) is 0 Å². The summed E-state index contributed by atoms with van der Waals surface area (Å²) in [4.78, 5) is 13.4. The van der Waals surface area contributed by atoms with Gasteiger partial charge in [-0.05, 0) is 24.5 Å². The van der Waals surface area contributed by atoms with Gasteiger partial charge in [0, 0.05) is 13.1 Å². The van der Waals surface area contributed by atoms with E-state index in [-0.39, 0.29) is 0 Å². The Morgan fingerprint density at radius 1 is 1.40 bits per heavy atom. The van der Waals surface area contributed by atoms with E-state index in [9.17, 15) is 9.90 Å². The molecule has 1 unspecified atom stereocenters. The van der Waals surface area contributed by atoms with Crippen LogP contribution in [-0.4, -0.2) is 32.3 Å². The number of aryl methyl sites for hydroxylation is 1. The van der Waals surface area contributed by atoms with Crippen molar-refractivity contribution >= 4 is 5.97 Å². The molecule has 0 saturated heterocycles. The lowest BCUT2D eigenvalue weighted by atomic mass is 9.94. The smallest absolute Gasteiger partial charge is 0.321 e. The number of hydrogen-bond donors (Lipinski definition) is 1. The second kappa shape index (κ2) is 5.05. The summed E-state index contributed by atoms with van der Waals surface area (Å²) in [7, 11) is 0. The molecule has 1 aromatic carbocycles. The SMILES string of the molecule is Cc1nonc1CN1Cc2ccccc2CC1C(=O)O. The minimum atomic E-state index is -0.811. The van der Waals surface area contributed by atoms with Gasteiger partial charge in [0.05, 0.1) is 0 Å². The third kappa shape index (κ3) is 2.30. The highest BCUT2D eigenvalue weighted by Gasteiger charge is 2.32. The van der Waals surface area contributed by atoms with E-state index >= 15 is 0 Å². The Bertz CT molecular complexity index is 638. The Labute approximate surface area is 116 Å². The Morgan fingerprint density at radius 2 is 2.15 bits per heavy atom. The van der Waals surface area contributed by atoms with Gasteiger partial charge in [-0.2, -0.15) is 0 Å². The van der Waals surface area contributed by atoms with Crippen LogP contribution >= 0.6 is 0 Å². The Kier molecular flexibility index (Phi) is 3.23. The first-order valence-corrected chi connectivity index (χ1v) is 6.47. The van der Waals surface area contributed by atoms with Gasteiger partial charge >= 0.3 is 5.97 Å². The van der Waals surface area contributed by atoms with Gasteiger partial charge < -0.3 is 5.11 Å². The summed E-state index contributed by atoms with van der Waals surface area (Å²) in [6.45, 7) is 2.83. The lowest BCUT2D eigenvalue weighted by Gasteiger charge is -2.33. The molecule has 20 heavy (non-hydrogen) atoms. The van der Waals surface area contributed by atoms with Gasteiger partial charge in [-0.3, -0.25) is 9.69 Å². The molecular weight excluding hydrogens is 258 g/mol. The zero-order chi connectivity index (χ0) is 14.1. The summed E-state index contributed by atoms with van der Waals surface area (Å²) in [6.07, 6.45) is 0.510. The normalized spacial score (nSPS) is 18.8. The van der Waals surface area contributed by atoms with Gasteiger partial charge in [0.25, 0.3) is 0 Å². The van der Waals surface area contributed by atoms with E-state index in [0.29, 0.717) is 30.9 Å². The standard InChI is InChI=1S/C14H15N3O3/c1-9-12(16-20-15-9)8-17-7-11-5-3-2-4-10(11)6-13(17)14(18)19/h2-5,13H,6-8H2,1H3,(H,18,19). The monoisotopic (exact) mass is 273 g/mol. The minimum Gasteiger partial charge on any atom is -0.480 e. The van der Waals surface area contributed by atoms with Crippen LogP contribution in [0.3, 0.4) is 0 Å². The van der Waals surface area contributed by atoms with E-state index in [2.05, 4.69) is 14.9 Å². The number of hydrogen-bond acceptors (Lipinski definition) is 5. The van der Waals surface area contributed by atoms with Crippen LogP contribution in [0.4, 0.5) is 0 Å². The molecule has 6 heteroatoms. The Hall–Kier alpha value is -2.21. The molecule has 0 radical (unpaired) electrons. The van der Waals surface area contributed by atoms with Crippen LogP contribution in [0.1, 0.15) is 22.5 Å². The molecule has 0 bridgehead atoms. The van der Waals surface area contributed by atoms with Crippen LogP contribution in [0.5, 0.6) is 0 Å². The summed E-state index contributed by atoms with van der Waals surface area (Å²) in [5, 5.41) is 17.0. The lowest BCUT2D eigenvalue weighted by Crippen LogP contribution is -2.45. The third-order valence-electron chi connectivity index (χ3n) is 3.73. The molecular formula is C14H15N3O3. The van der Waals surface area contributed by atoms with Crippen molar-refractivity contribution in [2.24, 2.45) is 0 Å². The summed E-state index contributed by atoms with van der Waals surface area (Å²) >= 11 is 0. The van der Waals surface area contributed by atoms with Gasteiger partial charge in [-0.15, -0.1) is 0 Å². The van der Waals surface area contributed by atoms with Gasteiger partial charge in [-0.1, -0.05) is 34.6 Å². The Morgan fingerprint density at radius 3 is 2.80 bits per heavy atom. The molecule has 0 aliphatic carbocycles. The summed E-state index contributed by atoms with van der Waals surface area (Å²) in [5.41, 5.74) is 3.66. The molecule has 2 heterocycles. The molecule has 0 saturated carbocycles. The fourth-order valence-electron chi connectivity index (χ4n) is 2.57. The van der Waals surface area contributed by atoms with E-state index in [1.807, 2.05) is 29.2 Å². The average molecular weight is 273 g/mol. The minimum absolute atomic E-state index is 0.431. The molecule has 3 rings (SSSR count). The van der Waals surface area contributed by atoms with Gasteiger partial charge in [0.2, 0.25) is 0 Å². The first-order valence-electron chi connectivity index (χ1n) is 6.47. The van der Waals surface area contributed by atoms with Crippen molar-refractivity contribution in [3.05, 3.63) is 46.8 Å². The Balaban J connectivity index is 1.89. The number of nitrogens with zero attached hydrogens (tertiary/aromatic N) is 3. The average Bonchev–Trinajstić information content (AvgIpc) is 2.83. The van der Waals surface area contributed by atoms with Crippen molar-refractivity contribution in [2.45, 2.75) is 32.5 Å². The molecule has 0 fully saturated rings. The molecule has 0 amide bonds. The van der Waals surface area contributed by atoms with Gasteiger partial charge in [0.1, 0.15) is 17.4 Å². The van der Waals surface area contributed by atoms with E-state index in [1.54, 1.807) is 6.92 Å². The molecule has 1 aromatic heterocycles. The quantitative estimate of drug-likeness (QED) is 0.910. The molecule has 104 valence electrons. The first kappa shape index (κ1) is 12.8. The van der Waals surface area contributed by atoms with E-state index in [0.717, 1.165) is 5.56 Å². The number of aromatic nitrogens is 2. The predicted octanol–water partition coefficient (Wildman–Crippen LogP) is 1.39. The number of carbonyl (C=O) groups is 1. The van der Waals surface area contributed by atoms with Crippen LogP contribution in [0, 0.1) is 6.92 Å². The molecule has 6 nitrogen and oxygen atoms in total. The van der Waals surface area contributed by atoms with Crippen molar-refractivity contribution in [3.63, 3.8) is 0 Å². The van der Waals surface area contributed by atoms with Crippen LogP contribution in [-0.2, 0) is 24.3 Å². The molecule has 2 aromatic rings. The fourth-order valence-corrected chi connectivity index (χ4v) is 2.57. The predicted molar refractivity (Wildman–Crippen MR) is 69.9 cm³/mol. The summed E-state index contributed by atoms with van der Waals surface area (Å²) in [5.74, 6) is -0.811. The van der Waals surface area contributed by atoms with Crippen molar-refractivity contribution < 1.29 is 14.5 Å². The number of benzene rings is 1. The highest BCUT2D eigenvalue weighted by atomic mass is 16.6. The van der Waals surface area contributed by atoms with Crippen molar-refractivity contribution in [2.75, 3.05) is 0 Å². The summed E-state index contributed by atoms with van der Waals surface area (Å²) < 4.78 is 4.68. The van der Waals surface area contributed by atoms with Gasteiger partial charge in [0.15, 0.2) is 0 Å². The number of fused-ring (bicyclic) bond motifs is 1. The highest BCUT2D eigenvalue weighted by Crippen LogP contribution is 2.25. The van der Waals surface area contributed by atoms with Crippen LogP contribution < -0.4 is 0 Å². The summed E-state index contributed by atoms with van der Waals surface area (Å²) in [6, 6.07) is 7.40. The molecule has 0 spiro atoms. The second-order valence-corrected chi connectivity index (χ2v) is 5.03. The largest absolute Gasteiger partial charge is 0.480 e. The maximum atomic E-state index is 11.5. The number of carboxylic acids is 1. The molecule has 1 aliphatic rings. The van der Waals surface area contributed by atoms with Crippen LogP contribution in [0.15, 0.2) is 28.9 Å². The maximum Gasteiger partial charge on any atom is 0.321 e. The van der Waals surface area contributed by atoms with Crippen molar-refractivity contribution in [3.8, 4) is 0 Å². The van der Waals surface area contributed by atoms with E-state index < -0.39 is 12.0 Å². The second-order valence-electron chi connectivity index (χ2n) is 5.03. The zero-order valence-electron chi connectivity index (χ0n) is 11.1. The van der Waals surface area contributed by atoms with E-state index in [1.165, 1.54) is 5.56 Å². The first-order chi connectivity index (χ1) is 9.65. The van der Waals surface area contributed by atoms with Crippen LogP contribution in [0.25, 0.3) is 0 Å².